The molecule has 0 aliphatic heterocycles. The summed E-state index contributed by atoms with van der Waals surface area (Å²) in [5.74, 6) is -0.548. The van der Waals surface area contributed by atoms with Gasteiger partial charge in [-0.3, -0.25) is 4.79 Å². The summed E-state index contributed by atoms with van der Waals surface area (Å²) >= 11 is 17.0. The molecule has 0 bridgehead atoms. The Labute approximate surface area is 90.8 Å². The first-order chi connectivity index (χ1) is 5.95. The minimum atomic E-state index is -1.46. The number of hydrogen-bond acceptors (Lipinski definition) is 2. The molecule has 2 atom stereocenters. The number of Topliss-reactive ketones (excluding diaryl/α,β-unsaturated/α-hetero) is 1. The highest BCUT2D eigenvalue weighted by atomic mass is 35.5. The van der Waals surface area contributed by atoms with Gasteiger partial charge in [-0.05, 0) is 6.42 Å². The molecule has 0 radical (unpaired) electrons. The van der Waals surface area contributed by atoms with Gasteiger partial charge in [0, 0.05) is 0 Å². The lowest BCUT2D eigenvalue weighted by Gasteiger charge is -2.22. The highest BCUT2D eigenvalue weighted by molar-refractivity contribution is 6.57. The van der Waals surface area contributed by atoms with Crippen molar-refractivity contribution in [2.75, 3.05) is 0 Å². The second kappa shape index (κ2) is 3.62. The minimum absolute atomic E-state index is 0.0940. The fraction of sp³-hybridized carbons (Fsp3) is 0.375. The highest BCUT2D eigenvalue weighted by Gasteiger charge is 2.51. The van der Waals surface area contributed by atoms with Crippen LogP contribution in [0, 0.1) is 0 Å². The monoisotopic (exact) mass is 240 g/mol. The number of carbonyl (C=O) groups excluding carboxylic acids is 1. The SMILES string of the molecule is C=CC[C@@]1(Cl)C(=O)C(Cl)=C(Cl)[C@@H]1O. The minimum Gasteiger partial charge on any atom is -0.385 e. The Bertz CT molecular complexity index is 298. The summed E-state index contributed by atoms with van der Waals surface area (Å²) in [6.45, 7) is 3.44. The number of allylic oxidation sites excluding steroid dienone is 2. The Morgan fingerprint density at radius 1 is 1.62 bits per heavy atom. The third kappa shape index (κ3) is 1.52. The molecule has 0 aromatic carbocycles. The van der Waals surface area contributed by atoms with E-state index in [2.05, 4.69) is 6.58 Å². The molecule has 1 aliphatic carbocycles. The van der Waals surface area contributed by atoms with E-state index in [-0.39, 0.29) is 16.5 Å². The number of aliphatic hydroxyl groups excluding tert-OH is 1. The summed E-state index contributed by atoms with van der Waals surface area (Å²) < 4.78 is 0. The molecule has 0 heterocycles. The smallest absolute Gasteiger partial charge is 0.199 e. The largest absolute Gasteiger partial charge is 0.385 e. The van der Waals surface area contributed by atoms with Gasteiger partial charge in [0.15, 0.2) is 5.78 Å². The molecule has 1 N–H and O–H groups in total. The Hall–Kier alpha value is -0.0200. The fourth-order valence-electron chi connectivity index (χ4n) is 1.15. The zero-order chi connectivity index (χ0) is 10.2. The number of aliphatic hydroxyl groups is 1. The van der Waals surface area contributed by atoms with Crippen LogP contribution < -0.4 is 0 Å². The van der Waals surface area contributed by atoms with E-state index >= 15 is 0 Å². The number of rotatable bonds is 2. The van der Waals surface area contributed by atoms with Crippen LogP contribution in [0.5, 0.6) is 0 Å². The van der Waals surface area contributed by atoms with Crippen molar-refractivity contribution < 1.29 is 9.90 Å². The van der Waals surface area contributed by atoms with Gasteiger partial charge in [-0.1, -0.05) is 29.3 Å². The fourth-order valence-corrected chi connectivity index (χ4v) is 2.11. The molecule has 0 saturated carbocycles. The quantitative estimate of drug-likeness (QED) is 0.594. The molecule has 0 saturated heterocycles. The topological polar surface area (TPSA) is 37.3 Å². The summed E-state index contributed by atoms with van der Waals surface area (Å²) in [6.07, 6.45) is 0.322. The molecule has 0 aromatic rings. The molecule has 0 fully saturated rings. The Morgan fingerprint density at radius 2 is 2.15 bits per heavy atom. The van der Waals surface area contributed by atoms with Crippen molar-refractivity contribution in [2.24, 2.45) is 0 Å². The van der Waals surface area contributed by atoms with E-state index in [0.29, 0.717) is 0 Å². The first-order valence-electron chi connectivity index (χ1n) is 3.53. The first kappa shape index (κ1) is 11.1. The van der Waals surface area contributed by atoms with Gasteiger partial charge < -0.3 is 5.11 Å². The predicted octanol–water partition coefficient (Wildman–Crippen LogP) is 2.17. The second-order valence-corrected chi connectivity index (χ2v) is 4.21. The van der Waals surface area contributed by atoms with Crippen molar-refractivity contribution in [3.8, 4) is 0 Å². The molecule has 5 heteroatoms. The zero-order valence-corrected chi connectivity index (χ0v) is 8.83. The van der Waals surface area contributed by atoms with E-state index in [1.807, 2.05) is 0 Å². The third-order valence-electron chi connectivity index (χ3n) is 1.90. The summed E-state index contributed by atoms with van der Waals surface area (Å²) in [7, 11) is 0. The van der Waals surface area contributed by atoms with Gasteiger partial charge >= 0.3 is 0 Å². The lowest BCUT2D eigenvalue weighted by atomic mass is 9.98. The Balaban J connectivity index is 3.08. The van der Waals surface area contributed by atoms with Crippen LogP contribution in [0.1, 0.15) is 6.42 Å². The summed E-state index contributed by atoms with van der Waals surface area (Å²) in [6, 6.07) is 0. The molecule has 0 amide bonds. The molecule has 72 valence electrons. The van der Waals surface area contributed by atoms with Gasteiger partial charge in [-0.25, -0.2) is 0 Å². The van der Waals surface area contributed by atoms with Crippen molar-refractivity contribution in [3.63, 3.8) is 0 Å². The second-order valence-electron chi connectivity index (χ2n) is 2.75. The number of halogens is 3. The van der Waals surface area contributed by atoms with E-state index in [0.717, 1.165) is 0 Å². The first-order valence-corrected chi connectivity index (χ1v) is 4.66. The van der Waals surface area contributed by atoms with Crippen molar-refractivity contribution in [3.05, 3.63) is 22.7 Å². The predicted molar refractivity (Wildman–Crippen MR) is 53.1 cm³/mol. The van der Waals surface area contributed by atoms with Gasteiger partial charge in [-0.2, -0.15) is 0 Å². The molecule has 2 nitrogen and oxygen atoms in total. The van der Waals surface area contributed by atoms with E-state index in [9.17, 15) is 9.90 Å². The van der Waals surface area contributed by atoms with Crippen LogP contribution in [0.15, 0.2) is 22.7 Å². The third-order valence-corrected chi connectivity index (χ3v) is 3.30. The van der Waals surface area contributed by atoms with Crippen LogP contribution in [0.4, 0.5) is 0 Å². The lowest BCUT2D eigenvalue weighted by molar-refractivity contribution is -0.118. The van der Waals surface area contributed by atoms with E-state index in [4.69, 9.17) is 34.8 Å². The summed E-state index contributed by atoms with van der Waals surface area (Å²) in [4.78, 5) is 9.96. The van der Waals surface area contributed by atoms with Gasteiger partial charge in [0.25, 0.3) is 0 Å². The van der Waals surface area contributed by atoms with E-state index in [1.165, 1.54) is 6.08 Å². The Kier molecular flexibility index (Phi) is 3.08. The van der Waals surface area contributed by atoms with Gasteiger partial charge in [0.2, 0.25) is 0 Å². The Morgan fingerprint density at radius 3 is 2.46 bits per heavy atom. The maximum atomic E-state index is 11.4. The van der Waals surface area contributed by atoms with Gasteiger partial charge in [0.1, 0.15) is 16.0 Å². The number of ketones is 1. The zero-order valence-electron chi connectivity index (χ0n) is 6.56. The summed E-state index contributed by atoms with van der Waals surface area (Å²) in [5, 5.41) is 9.23. The maximum Gasteiger partial charge on any atom is 0.199 e. The summed E-state index contributed by atoms with van der Waals surface area (Å²) in [5.41, 5.74) is 0. The van der Waals surface area contributed by atoms with E-state index < -0.39 is 16.8 Å². The molecule has 0 aromatic heterocycles. The van der Waals surface area contributed by atoms with Crippen LogP contribution in [-0.2, 0) is 4.79 Å². The molecule has 0 unspecified atom stereocenters. The molecule has 1 aliphatic rings. The normalized spacial score (nSPS) is 34.2. The molecular weight excluding hydrogens is 234 g/mol. The van der Waals surface area contributed by atoms with Crippen molar-refractivity contribution in [2.45, 2.75) is 17.4 Å². The molecular formula is C8H7Cl3O2. The maximum absolute atomic E-state index is 11.4. The van der Waals surface area contributed by atoms with Crippen molar-refractivity contribution >= 4 is 40.6 Å². The standard InChI is InChI=1S/C8H7Cl3O2/c1-2-3-8(11)6(12)4(9)5(10)7(8)13/h2,6,12H,1,3H2/t6-,8-/m0/s1. The molecule has 13 heavy (non-hydrogen) atoms. The number of alkyl halides is 1. The van der Waals surface area contributed by atoms with Crippen molar-refractivity contribution in [1.29, 1.82) is 0 Å². The van der Waals surface area contributed by atoms with E-state index in [1.54, 1.807) is 0 Å². The average molecular weight is 242 g/mol. The molecule has 1 rings (SSSR count). The average Bonchev–Trinajstić information content (AvgIpc) is 2.23. The number of hydrogen-bond donors (Lipinski definition) is 1. The number of carbonyl (C=O) groups is 1. The lowest BCUT2D eigenvalue weighted by Crippen LogP contribution is -2.39. The van der Waals surface area contributed by atoms with Gasteiger partial charge in [0.05, 0.1) is 5.03 Å². The van der Waals surface area contributed by atoms with Crippen molar-refractivity contribution in [1.82, 2.24) is 0 Å². The van der Waals surface area contributed by atoms with Crippen LogP contribution in [0.25, 0.3) is 0 Å². The van der Waals surface area contributed by atoms with Crippen LogP contribution in [0.3, 0.4) is 0 Å². The van der Waals surface area contributed by atoms with Crippen LogP contribution >= 0.6 is 34.8 Å². The van der Waals surface area contributed by atoms with Crippen LogP contribution in [-0.4, -0.2) is 21.9 Å². The highest BCUT2D eigenvalue weighted by Crippen LogP contribution is 2.43. The molecule has 0 spiro atoms. The van der Waals surface area contributed by atoms with Gasteiger partial charge in [-0.15, -0.1) is 18.2 Å². The van der Waals surface area contributed by atoms with Crippen LogP contribution in [0.2, 0.25) is 0 Å².